The molecule has 1 unspecified atom stereocenters. The van der Waals surface area contributed by atoms with E-state index in [1.807, 2.05) is 36.7 Å². The number of nitrogens with one attached hydrogen (secondary N) is 1. The van der Waals surface area contributed by atoms with Crippen LogP contribution >= 0.6 is 22.7 Å². The lowest BCUT2D eigenvalue weighted by molar-refractivity contribution is -0.121. The first-order valence-corrected chi connectivity index (χ1v) is 10.1. The Kier molecular flexibility index (Phi) is 5.75. The summed E-state index contributed by atoms with van der Waals surface area (Å²) in [7, 11) is 0. The van der Waals surface area contributed by atoms with Crippen LogP contribution in [-0.4, -0.2) is 28.2 Å². The number of ketones is 1. The number of carbonyl (C=O) groups excluding carboxylic acids is 2. The second-order valence-corrected chi connectivity index (χ2v) is 8.24. The molecule has 3 aromatic heterocycles. The molecular weight excluding hydrogens is 368 g/mol. The number of hydrogen-bond donors (Lipinski definition) is 2. The average molecular weight is 389 g/mol. The van der Waals surface area contributed by atoms with Gasteiger partial charge in [0.05, 0.1) is 21.1 Å². The highest BCUT2D eigenvalue weighted by Gasteiger charge is 2.21. The molecule has 6 nitrogen and oxygen atoms in total. The Morgan fingerprint density at radius 1 is 1.19 bits per heavy atom. The van der Waals surface area contributed by atoms with Gasteiger partial charge in [-0.1, -0.05) is 19.9 Å². The standard InChI is InChI=1S/C18H20N4O2S2/c1-10(2)8-14(23)20-9-11(19)18-21-12-5-7-26-17(12)15(22-18)16(24)13-4-3-6-25-13/h3-7,10-11H,8-9,19H2,1-2H3,(H,20,23). The highest BCUT2D eigenvalue weighted by Crippen LogP contribution is 2.26. The number of hydrogen-bond acceptors (Lipinski definition) is 7. The van der Waals surface area contributed by atoms with E-state index in [4.69, 9.17) is 5.73 Å². The van der Waals surface area contributed by atoms with Gasteiger partial charge in [0.15, 0.2) is 0 Å². The van der Waals surface area contributed by atoms with Crippen LogP contribution in [-0.2, 0) is 4.79 Å². The average Bonchev–Trinajstić information content (AvgIpc) is 3.28. The van der Waals surface area contributed by atoms with Crippen molar-refractivity contribution in [3.8, 4) is 0 Å². The summed E-state index contributed by atoms with van der Waals surface area (Å²) in [6, 6.07) is 4.88. The summed E-state index contributed by atoms with van der Waals surface area (Å²) in [5.74, 6) is 0.453. The SMILES string of the molecule is CC(C)CC(=O)NCC(N)c1nc(C(=O)c2cccs2)c2sccc2n1. The van der Waals surface area contributed by atoms with Crippen LogP contribution in [0.1, 0.15) is 47.5 Å². The van der Waals surface area contributed by atoms with Crippen LogP contribution in [0.5, 0.6) is 0 Å². The van der Waals surface area contributed by atoms with Gasteiger partial charge in [0, 0.05) is 13.0 Å². The molecule has 136 valence electrons. The summed E-state index contributed by atoms with van der Waals surface area (Å²) in [5.41, 5.74) is 7.24. The smallest absolute Gasteiger partial charge is 0.222 e. The van der Waals surface area contributed by atoms with E-state index >= 15 is 0 Å². The molecule has 0 saturated carbocycles. The molecule has 3 aromatic rings. The van der Waals surface area contributed by atoms with E-state index in [0.717, 1.165) is 4.70 Å². The minimum atomic E-state index is -0.578. The van der Waals surface area contributed by atoms with Crippen molar-refractivity contribution in [2.75, 3.05) is 6.54 Å². The van der Waals surface area contributed by atoms with E-state index < -0.39 is 6.04 Å². The Balaban J connectivity index is 1.85. The van der Waals surface area contributed by atoms with Crippen LogP contribution in [0.2, 0.25) is 0 Å². The van der Waals surface area contributed by atoms with Crippen molar-refractivity contribution in [3.63, 3.8) is 0 Å². The highest BCUT2D eigenvalue weighted by molar-refractivity contribution is 7.17. The molecule has 0 spiro atoms. The lowest BCUT2D eigenvalue weighted by Gasteiger charge is -2.13. The van der Waals surface area contributed by atoms with E-state index in [1.54, 1.807) is 6.07 Å². The molecule has 3 rings (SSSR count). The molecule has 0 aliphatic rings. The second kappa shape index (κ2) is 8.03. The van der Waals surface area contributed by atoms with Gasteiger partial charge >= 0.3 is 0 Å². The van der Waals surface area contributed by atoms with Crippen molar-refractivity contribution >= 4 is 44.6 Å². The molecule has 0 aliphatic heterocycles. The topological polar surface area (TPSA) is 98.0 Å². The third kappa shape index (κ3) is 4.14. The number of thiophene rings is 2. The van der Waals surface area contributed by atoms with Gasteiger partial charge in [0.2, 0.25) is 11.7 Å². The number of nitrogens with zero attached hydrogens (tertiary/aromatic N) is 2. The van der Waals surface area contributed by atoms with Gasteiger partial charge in [-0.2, -0.15) is 0 Å². The molecule has 1 amide bonds. The molecule has 26 heavy (non-hydrogen) atoms. The lowest BCUT2D eigenvalue weighted by Crippen LogP contribution is -2.33. The molecule has 0 aliphatic carbocycles. The fraction of sp³-hybridized carbons (Fsp3) is 0.333. The molecule has 0 radical (unpaired) electrons. The van der Waals surface area contributed by atoms with Gasteiger partial charge in [-0.3, -0.25) is 9.59 Å². The predicted octanol–water partition coefficient (Wildman–Crippen LogP) is 3.15. The number of aromatic nitrogens is 2. The van der Waals surface area contributed by atoms with Gasteiger partial charge < -0.3 is 11.1 Å². The van der Waals surface area contributed by atoms with E-state index in [0.29, 0.717) is 28.3 Å². The molecule has 1 atom stereocenters. The minimum absolute atomic E-state index is 0.0538. The number of carbonyl (C=O) groups is 2. The Hall–Kier alpha value is -2.16. The van der Waals surface area contributed by atoms with Crippen LogP contribution in [0.3, 0.4) is 0 Å². The Morgan fingerprint density at radius 3 is 2.69 bits per heavy atom. The van der Waals surface area contributed by atoms with Gasteiger partial charge in [-0.25, -0.2) is 9.97 Å². The van der Waals surface area contributed by atoms with Crippen molar-refractivity contribution in [2.24, 2.45) is 11.7 Å². The monoisotopic (exact) mass is 388 g/mol. The van der Waals surface area contributed by atoms with Crippen molar-refractivity contribution in [1.82, 2.24) is 15.3 Å². The molecular formula is C18H20N4O2S2. The maximum absolute atomic E-state index is 12.8. The van der Waals surface area contributed by atoms with Gasteiger partial charge in [-0.05, 0) is 28.8 Å². The van der Waals surface area contributed by atoms with Gasteiger partial charge in [0.25, 0.3) is 0 Å². The Morgan fingerprint density at radius 2 is 2.00 bits per heavy atom. The maximum atomic E-state index is 12.8. The van der Waals surface area contributed by atoms with Crippen molar-refractivity contribution in [2.45, 2.75) is 26.3 Å². The number of amides is 1. The Bertz CT molecular complexity index is 919. The van der Waals surface area contributed by atoms with Crippen LogP contribution in [0, 0.1) is 5.92 Å². The predicted molar refractivity (Wildman–Crippen MR) is 105 cm³/mol. The first-order valence-electron chi connectivity index (χ1n) is 8.31. The van der Waals surface area contributed by atoms with E-state index in [2.05, 4.69) is 15.3 Å². The second-order valence-electron chi connectivity index (χ2n) is 6.38. The number of fused-ring (bicyclic) bond motifs is 1. The summed E-state index contributed by atoms with van der Waals surface area (Å²) in [6.45, 7) is 4.19. The summed E-state index contributed by atoms with van der Waals surface area (Å²) in [5, 5.41) is 6.54. The van der Waals surface area contributed by atoms with Crippen LogP contribution in [0.15, 0.2) is 29.0 Å². The van der Waals surface area contributed by atoms with Gasteiger partial charge in [0.1, 0.15) is 11.5 Å². The third-order valence-corrected chi connectivity index (χ3v) is 5.50. The van der Waals surface area contributed by atoms with Crippen molar-refractivity contribution in [1.29, 1.82) is 0 Å². The molecule has 0 bridgehead atoms. The summed E-state index contributed by atoms with van der Waals surface area (Å²) < 4.78 is 0.753. The number of rotatable bonds is 7. The summed E-state index contributed by atoms with van der Waals surface area (Å²) in [4.78, 5) is 34.2. The van der Waals surface area contributed by atoms with E-state index in [9.17, 15) is 9.59 Å². The largest absolute Gasteiger partial charge is 0.354 e. The summed E-state index contributed by atoms with van der Waals surface area (Å²) in [6.07, 6.45) is 0.444. The van der Waals surface area contributed by atoms with Crippen LogP contribution in [0.4, 0.5) is 0 Å². The van der Waals surface area contributed by atoms with Crippen molar-refractivity contribution in [3.05, 3.63) is 45.4 Å². The molecule has 0 fully saturated rings. The quantitative estimate of drug-likeness (QED) is 0.606. The molecule has 3 N–H and O–H groups in total. The van der Waals surface area contributed by atoms with Gasteiger partial charge in [-0.15, -0.1) is 22.7 Å². The zero-order valence-electron chi connectivity index (χ0n) is 14.6. The fourth-order valence-electron chi connectivity index (χ4n) is 2.48. The molecule has 3 heterocycles. The number of nitrogens with two attached hydrogens (primary N) is 1. The van der Waals surface area contributed by atoms with Crippen LogP contribution < -0.4 is 11.1 Å². The lowest BCUT2D eigenvalue weighted by atomic mass is 10.1. The van der Waals surface area contributed by atoms with Crippen molar-refractivity contribution < 1.29 is 9.59 Å². The molecule has 0 saturated heterocycles. The van der Waals surface area contributed by atoms with Crippen LogP contribution in [0.25, 0.3) is 10.2 Å². The van der Waals surface area contributed by atoms with E-state index in [-0.39, 0.29) is 24.2 Å². The normalized spacial score (nSPS) is 12.5. The molecule has 8 heteroatoms. The van der Waals surface area contributed by atoms with E-state index in [1.165, 1.54) is 22.7 Å². The zero-order chi connectivity index (χ0) is 18.7. The third-order valence-electron chi connectivity index (χ3n) is 3.73. The first kappa shape index (κ1) is 18.6. The highest BCUT2D eigenvalue weighted by atomic mass is 32.1. The Labute approximate surface area is 159 Å². The summed E-state index contributed by atoms with van der Waals surface area (Å²) >= 11 is 2.81. The molecule has 0 aromatic carbocycles. The zero-order valence-corrected chi connectivity index (χ0v) is 16.2. The minimum Gasteiger partial charge on any atom is -0.354 e. The fourth-order valence-corrected chi connectivity index (χ4v) is 3.97. The maximum Gasteiger partial charge on any atom is 0.222 e. The first-order chi connectivity index (χ1) is 12.5.